The molecule has 6 aromatic heterocycles. The molecule has 0 amide bonds. The molecule has 8 aromatic rings. The zero-order valence-electron chi connectivity index (χ0n) is 40.9. The van der Waals surface area contributed by atoms with E-state index in [-0.39, 0.29) is 56.4 Å². The van der Waals surface area contributed by atoms with Gasteiger partial charge in [-0.15, -0.1) is 20.4 Å². The molecule has 6 heterocycles. The first kappa shape index (κ1) is 54.8. The minimum Gasteiger partial charge on any atom is -0.481 e. The van der Waals surface area contributed by atoms with Gasteiger partial charge in [0, 0.05) is 51.1 Å². The molecule has 0 saturated heterocycles. The van der Waals surface area contributed by atoms with Crippen LogP contribution in [0.25, 0.3) is 34.4 Å². The third-order valence-corrected chi connectivity index (χ3v) is 16.0. The summed E-state index contributed by atoms with van der Waals surface area (Å²) in [5, 5.41) is 14.7. The highest BCUT2D eigenvalue weighted by Gasteiger charge is 2.37. The highest BCUT2D eigenvalue weighted by atomic mass is 35.5. The van der Waals surface area contributed by atoms with E-state index in [4.69, 9.17) is 42.1 Å². The Morgan fingerprint density at radius 1 is 0.554 bits per heavy atom. The molecule has 0 aliphatic heterocycles. The number of sulfone groups is 2. The molecular formula is C48H48Cl2F2N12O8S2. The summed E-state index contributed by atoms with van der Waals surface area (Å²) in [5.74, 6) is -0.498. The zero-order valence-corrected chi connectivity index (χ0v) is 44.1. The van der Waals surface area contributed by atoms with Gasteiger partial charge in [-0.1, -0.05) is 35.3 Å². The Morgan fingerprint density at radius 3 is 1.24 bits per heavy atom. The van der Waals surface area contributed by atoms with E-state index in [1.54, 1.807) is 61.2 Å². The molecule has 0 saturated carbocycles. The largest absolute Gasteiger partial charge is 0.481 e. The van der Waals surface area contributed by atoms with E-state index >= 15 is 0 Å². The van der Waals surface area contributed by atoms with Gasteiger partial charge in [0.1, 0.15) is 46.7 Å². The van der Waals surface area contributed by atoms with Crippen LogP contribution >= 0.6 is 23.2 Å². The van der Waals surface area contributed by atoms with Crippen LogP contribution in [-0.4, -0.2) is 115 Å². The Morgan fingerprint density at radius 2 is 0.919 bits per heavy atom. The normalized spacial score (nSPS) is 13.4. The molecule has 2 aromatic carbocycles. The Hall–Kier alpha value is -6.96. The fourth-order valence-corrected chi connectivity index (χ4v) is 10.7. The summed E-state index contributed by atoms with van der Waals surface area (Å²) in [6.45, 7) is 6.69. The summed E-state index contributed by atoms with van der Waals surface area (Å²) in [4.78, 5) is 25.7. The average Bonchev–Trinajstić information content (AvgIpc) is 3.99. The lowest BCUT2D eigenvalue weighted by Crippen LogP contribution is -2.30. The van der Waals surface area contributed by atoms with Crippen LogP contribution in [0.5, 0.6) is 11.8 Å². The van der Waals surface area contributed by atoms with E-state index < -0.39 is 65.5 Å². The number of methoxy groups -OCH3 is 4. The lowest BCUT2D eigenvalue weighted by molar-refractivity contribution is 0.0947. The van der Waals surface area contributed by atoms with Crippen LogP contribution in [0.15, 0.2) is 97.6 Å². The van der Waals surface area contributed by atoms with E-state index in [0.29, 0.717) is 23.1 Å². The Kier molecular flexibility index (Phi) is 17.4. The van der Waals surface area contributed by atoms with Gasteiger partial charge >= 0.3 is 0 Å². The first-order valence-electron chi connectivity index (χ1n) is 22.2. The van der Waals surface area contributed by atoms with E-state index in [1.807, 2.05) is 13.8 Å². The molecule has 0 aliphatic carbocycles. The molecule has 20 nitrogen and oxygen atoms in total. The lowest BCUT2D eigenvalue weighted by atomic mass is 10.2. The molecule has 0 unspecified atom stereocenters. The molecule has 0 bridgehead atoms. The molecule has 74 heavy (non-hydrogen) atoms. The van der Waals surface area contributed by atoms with Gasteiger partial charge in [-0.25, -0.2) is 55.5 Å². The number of pyridine rings is 2. The van der Waals surface area contributed by atoms with Crippen LogP contribution in [0.3, 0.4) is 0 Å². The second-order valence-electron chi connectivity index (χ2n) is 16.4. The average molecular weight is 1090 g/mol. The molecule has 0 fully saturated rings. The Bertz CT molecular complexity index is 3260. The lowest BCUT2D eigenvalue weighted by Gasteiger charge is -2.22. The molecule has 26 heteroatoms. The maximum atomic E-state index is 13.8. The highest BCUT2D eigenvalue weighted by Crippen LogP contribution is 2.33. The standard InChI is InChI=1S/2C24H24ClFN6O4S/c2*1-14-11-27-23(28-12-14)22(36-4)15(2)37(33,34)13-20-30-31-24(18-6-5-7-21(29-18)35-3)32(20)19-9-8-16(26)10-17(19)25/h2*5-12,15,22H,13H2,1-4H3/t2*15-,22-/m00/s1. The van der Waals surface area contributed by atoms with Gasteiger partial charge in [-0.2, -0.15) is 0 Å². The minimum atomic E-state index is -3.91. The van der Waals surface area contributed by atoms with E-state index in [2.05, 4.69) is 50.3 Å². The monoisotopic (exact) mass is 1090 g/mol. The quantitative estimate of drug-likeness (QED) is 0.0794. The van der Waals surface area contributed by atoms with Crippen molar-refractivity contribution in [2.45, 2.75) is 61.9 Å². The maximum absolute atomic E-state index is 13.8. The van der Waals surface area contributed by atoms with Crippen LogP contribution in [-0.2, 0) is 40.7 Å². The number of aromatic nitrogens is 12. The van der Waals surface area contributed by atoms with Crippen molar-refractivity contribution >= 4 is 42.9 Å². The van der Waals surface area contributed by atoms with Crippen LogP contribution in [0, 0.1) is 25.5 Å². The smallest absolute Gasteiger partial charge is 0.213 e. The van der Waals surface area contributed by atoms with Gasteiger partial charge in [0.25, 0.3) is 0 Å². The van der Waals surface area contributed by atoms with Gasteiger partial charge < -0.3 is 18.9 Å². The van der Waals surface area contributed by atoms with E-state index in [0.717, 1.165) is 23.3 Å². The topological polar surface area (TPSA) is 244 Å². The Labute approximate surface area is 435 Å². The Balaban J connectivity index is 0.000000216. The fraction of sp³-hybridized carbons (Fsp3) is 0.292. The number of hydrogen-bond acceptors (Lipinski definition) is 18. The molecule has 388 valence electrons. The number of halogens is 4. The molecule has 4 atom stereocenters. The van der Waals surface area contributed by atoms with Crippen LogP contribution in [0.1, 0.15) is 60.5 Å². The van der Waals surface area contributed by atoms with E-state index in [9.17, 15) is 25.6 Å². The number of hydrogen-bond donors (Lipinski definition) is 0. The van der Waals surface area contributed by atoms with Crippen LogP contribution < -0.4 is 9.47 Å². The number of rotatable bonds is 18. The van der Waals surface area contributed by atoms with Crippen molar-refractivity contribution in [1.29, 1.82) is 0 Å². The summed E-state index contributed by atoms with van der Waals surface area (Å²) in [7, 11) is -2.08. The predicted octanol–water partition coefficient (Wildman–Crippen LogP) is 7.84. The van der Waals surface area contributed by atoms with Gasteiger partial charge in [0.05, 0.1) is 46.1 Å². The van der Waals surface area contributed by atoms with Crippen molar-refractivity contribution in [3.8, 4) is 46.2 Å². The first-order valence-corrected chi connectivity index (χ1v) is 26.4. The predicted molar refractivity (Wildman–Crippen MR) is 269 cm³/mol. The van der Waals surface area contributed by atoms with Gasteiger partial charge in [0.2, 0.25) is 11.8 Å². The summed E-state index contributed by atoms with van der Waals surface area (Å²) in [5.41, 5.74) is 2.94. The van der Waals surface area contributed by atoms with Crippen LogP contribution in [0.2, 0.25) is 10.0 Å². The summed E-state index contributed by atoms with van der Waals surface area (Å²) >= 11 is 12.7. The third-order valence-electron chi connectivity index (χ3n) is 11.3. The van der Waals surface area contributed by atoms with Crippen molar-refractivity contribution in [3.63, 3.8) is 0 Å². The number of ether oxygens (including phenoxy) is 4. The molecule has 0 aliphatic rings. The molecule has 0 spiro atoms. The zero-order chi connectivity index (χ0) is 53.5. The van der Waals surface area contributed by atoms with Gasteiger partial charge in [0.15, 0.2) is 54.6 Å². The fourth-order valence-electron chi connectivity index (χ4n) is 7.40. The van der Waals surface area contributed by atoms with Crippen molar-refractivity contribution in [3.05, 3.63) is 154 Å². The van der Waals surface area contributed by atoms with Crippen molar-refractivity contribution in [2.75, 3.05) is 28.4 Å². The maximum Gasteiger partial charge on any atom is 0.213 e. The van der Waals surface area contributed by atoms with Crippen molar-refractivity contribution < 1.29 is 44.6 Å². The minimum absolute atomic E-state index is 0.0402. The molecular weight excluding hydrogens is 1050 g/mol. The number of benzene rings is 2. The molecule has 8 rings (SSSR count). The molecule has 0 radical (unpaired) electrons. The number of nitrogens with zero attached hydrogens (tertiary/aromatic N) is 12. The van der Waals surface area contributed by atoms with E-state index in [1.165, 1.54) is 75.7 Å². The van der Waals surface area contributed by atoms with Crippen LogP contribution in [0.4, 0.5) is 8.78 Å². The molecule has 0 N–H and O–H groups in total. The summed E-state index contributed by atoms with van der Waals surface area (Å²) < 4.78 is 106. The highest BCUT2D eigenvalue weighted by molar-refractivity contribution is 7.91. The third kappa shape index (κ3) is 12.3. The summed E-state index contributed by atoms with van der Waals surface area (Å²) in [6, 6.07) is 17.5. The second-order valence-corrected chi connectivity index (χ2v) is 22.0. The van der Waals surface area contributed by atoms with Crippen molar-refractivity contribution in [2.24, 2.45) is 0 Å². The summed E-state index contributed by atoms with van der Waals surface area (Å²) in [6.07, 6.45) is 4.53. The second kappa shape index (κ2) is 23.5. The van der Waals surface area contributed by atoms with Crippen molar-refractivity contribution in [1.82, 2.24) is 59.4 Å². The van der Waals surface area contributed by atoms with Gasteiger partial charge in [-0.3, -0.25) is 9.13 Å². The SMILES string of the molecule is COc1cccc(-c2nnc(CS(=O)(=O)[C@@H](C)[C@H](OC)c3ncc(C)cn3)n2-c2ccc(F)cc2Cl)n1.COc1cccc(-c2nnc(CS(=O)(=O)[C@@H](C)[C@H](OC)c3ncc(C)cn3)n2-c2ccc(F)cc2Cl)n1. The number of aryl methyl sites for hydroxylation is 2. The first-order chi connectivity index (χ1) is 35.3. The van der Waals surface area contributed by atoms with Gasteiger partial charge in [-0.05, 0) is 87.4 Å².